The van der Waals surface area contributed by atoms with Crippen molar-refractivity contribution in [2.24, 2.45) is 5.10 Å². The van der Waals surface area contributed by atoms with Gasteiger partial charge in [-0.3, -0.25) is 4.79 Å². The summed E-state index contributed by atoms with van der Waals surface area (Å²) in [4.78, 5) is 27.2. The zero-order valence-corrected chi connectivity index (χ0v) is 20.1. The van der Waals surface area contributed by atoms with Crippen molar-refractivity contribution in [2.45, 2.75) is 6.92 Å². The minimum absolute atomic E-state index is 0.402. The maximum absolute atomic E-state index is 14.1. The van der Waals surface area contributed by atoms with Gasteiger partial charge in [0.15, 0.2) is 0 Å². The summed E-state index contributed by atoms with van der Waals surface area (Å²) in [5, 5.41) is 11.9. The molecule has 35 heavy (non-hydrogen) atoms. The van der Waals surface area contributed by atoms with Gasteiger partial charge in [0, 0.05) is 5.69 Å². The highest BCUT2D eigenvalue weighted by Gasteiger charge is 2.41. The topological polar surface area (TPSA) is 61.8 Å². The average Bonchev–Trinajstić information content (AvgIpc) is 3.21. The number of benzene rings is 4. The van der Waals surface area contributed by atoms with Crippen molar-refractivity contribution in [3.63, 3.8) is 0 Å². The van der Waals surface area contributed by atoms with Gasteiger partial charge in [-0.15, -0.1) is 5.01 Å². The second kappa shape index (κ2) is 9.57. The van der Waals surface area contributed by atoms with Gasteiger partial charge in [-0.25, -0.2) is 4.79 Å². The second-order valence-corrected chi connectivity index (χ2v) is 11.5. The van der Waals surface area contributed by atoms with E-state index < -0.39 is 18.8 Å². The van der Waals surface area contributed by atoms with Gasteiger partial charge in [-0.1, -0.05) is 109 Å². The Kier molecular flexibility index (Phi) is 6.17. The molecule has 172 valence electrons. The van der Waals surface area contributed by atoms with E-state index in [0.29, 0.717) is 16.7 Å². The predicted molar refractivity (Wildman–Crippen MR) is 146 cm³/mol. The van der Waals surface area contributed by atoms with Crippen molar-refractivity contribution in [2.75, 3.05) is 5.32 Å². The monoisotopic (exact) mass is 477 g/mol. The molecule has 4 aromatic rings. The molecule has 0 saturated carbocycles. The third kappa shape index (κ3) is 4.01. The molecule has 0 aliphatic carbocycles. The maximum Gasteiger partial charge on any atom is 0.349 e. The standard InChI is InChI=1S/C29H24N3O2P/c1-22-27(28(33)32(31-22)29(34)30-23-14-6-2-7-15-23)35(24-16-8-3-9-17-24,25-18-10-4-11-19-25)26-20-12-5-13-21-26/h2-21H,1H3,(H,30,34). The van der Waals surface area contributed by atoms with Gasteiger partial charge >= 0.3 is 6.03 Å². The molecule has 1 N–H and O–H groups in total. The summed E-state index contributed by atoms with van der Waals surface area (Å²) in [7, 11) is 0. The lowest BCUT2D eigenvalue weighted by Crippen LogP contribution is -2.40. The Hall–Kier alpha value is -4.21. The van der Waals surface area contributed by atoms with Crippen LogP contribution in [0, 0.1) is 0 Å². The first-order valence-electron chi connectivity index (χ1n) is 11.3. The first-order valence-corrected chi connectivity index (χ1v) is 13.1. The van der Waals surface area contributed by atoms with Crippen LogP contribution in [-0.4, -0.2) is 28.0 Å². The summed E-state index contributed by atoms with van der Waals surface area (Å²) in [5.41, 5.74) is 1.14. The van der Waals surface area contributed by atoms with Crippen molar-refractivity contribution in [3.8, 4) is 0 Å². The molecular formula is C29H24N3O2P. The predicted octanol–water partition coefficient (Wildman–Crippen LogP) is 4.60. The van der Waals surface area contributed by atoms with E-state index >= 15 is 0 Å². The molecule has 6 heteroatoms. The van der Waals surface area contributed by atoms with Crippen molar-refractivity contribution in [1.29, 1.82) is 0 Å². The number of rotatable bonds is 4. The van der Waals surface area contributed by atoms with Gasteiger partial charge in [0.25, 0.3) is 5.91 Å². The Bertz CT molecular complexity index is 1350. The number of nitrogens with one attached hydrogen (secondary N) is 1. The summed E-state index contributed by atoms with van der Waals surface area (Å²) in [6, 6.07) is 38.7. The highest BCUT2D eigenvalue weighted by molar-refractivity contribution is 7.97. The highest BCUT2D eigenvalue weighted by atomic mass is 31.2. The van der Waals surface area contributed by atoms with Crippen LogP contribution in [0.1, 0.15) is 6.92 Å². The molecule has 0 radical (unpaired) electrons. The van der Waals surface area contributed by atoms with Crippen molar-refractivity contribution in [3.05, 3.63) is 121 Å². The summed E-state index contributed by atoms with van der Waals surface area (Å²) in [5.74, 6) is -0.402. The maximum atomic E-state index is 14.1. The molecule has 5 rings (SSSR count). The molecule has 0 saturated heterocycles. The van der Waals surface area contributed by atoms with Gasteiger partial charge < -0.3 is 5.32 Å². The fraction of sp³-hybridized carbons (Fsp3) is 0.0345. The minimum atomic E-state index is -2.66. The molecular weight excluding hydrogens is 453 g/mol. The molecule has 0 unspecified atom stereocenters. The fourth-order valence-electron chi connectivity index (χ4n) is 4.51. The molecule has 0 fully saturated rings. The van der Waals surface area contributed by atoms with Crippen molar-refractivity contribution >= 4 is 51.4 Å². The number of hydrogen-bond acceptors (Lipinski definition) is 3. The molecule has 0 spiro atoms. The summed E-state index contributed by atoms with van der Waals surface area (Å²) >= 11 is 0. The molecule has 0 bridgehead atoms. The number of anilines is 1. The molecule has 1 heterocycles. The molecule has 1 aliphatic heterocycles. The number of carbonyl (C=O) groups excluding carboxylic acids is 2. The molecule has 0 atom stereocenters. The van der Waals surface area contributed by atoms with Gasteiger partial charge in [0.1, 0.15) is 0 Å². The molecule has 5 nitrogen and oxygen atoms in total. The van der Waals surface area contributed by atoms with Crippen LogP contribution in [0.15, 0.2) is 126 Å². The summed E-state index contributed by atoms with van der Waals surface area (Å²) in [6.07, 6.45) is 0. The van der Waals surface area contributed by atoms with Gasteiger partial charge in [0.2, 0.25) is 0 Å². The van der Waals surface area contributed by atoms with E-state index in [1.54, 1.807) is 12.1 Å². The SMILES string of the molecule is CC1=NN(C(=O)Nc2ccccc2)C(=O)C1=P(c1ccccc1)(c1ccccc1)c1ccccc1. The number of hydrazone groups is 1. The normalized spacial score (nSPS) is 13.5. The Balaban J connectivity index is 1.78. The highest BCUT2D eigenvalue weighted by Crippen LogP contribution is 2.47. The lowest BCUT2D eigenvalue weighted by atomic mass is 10.3. The van der Waals surface area contributed by atoms with Crippen LogP contribution in [0.2, 0.25) is 0 Å². The Morgan fingerprint density at radius 2 is 1.09 bits per heavy atom. The third-order valence-electron chi connectivity index (χ3n) is 5.97. The van der Waals surface area contributed by atoms with Crippen LogP contribution >= 0.6 is 6.89 Å². The molecule has 4 aromatic carbocycles. The number of nitrogens with zero attached hydrogens (tertiary/aromatic N) is 2. The van der Waals surface area contributed by atoms with Crippen molar-refractivity contribution in [1.82, 2.24) is 5.01 Å². The lowest BCUT2D eigenvalue weighted by Gasteiger charge is -2.31. The average molecular weight is 478 g/mol. The smallest absolute Gasteiger partial charge is 0.306 e. The summed E-state index contributed by atoms with van der Waals surface area (Å²) in [6.45, 7) is -0.846. The number of imide groups is 1. The Morgan fingerprint density at radius 1 is 0.686 bits per heavy atom. The van der Waals surface area contributed by atoms with E-state index in [1.165, 1.54) is 0 Å². The Labute approximate surface area is 204 Å². The van der Waals surface area contributed by atoms with E-state index in [4.69, 9.17) is 0 Å². The van der Waals surface area contributed by atoms with Crippen LogP contribution in [-0.2, 0) is 4.79 Å². The van der Waals surface area contributed by atoms with Crippen LogP contribution in [0.3, 0.4) is 0 Å². The fourth-order valence-corrected chi connectivity index (χ4v) is 8.95. The number of hydrogen-bond donors (Lipinski definition) is 1. The van der Waals surface area contributed by atoms with E-state index in [1.807, 2.05) is 79.7 Å². The summed E-state index contributed by atoms with van der Waals surface area (Å²) < 4.78 is 0. The third-order valence-corrected chi connectivity index (χ3v) is 10.4. The quantitative estimate of drug-likeness (QED) is 0.437. The van der Waals surface area contributed by atoms with Crippen LogP contribution in [0.5, 0.6) is 0 Å². The van der Waals surface area contributed by atoms with Crippen LogP contribution in [0.25, 0.3) is 0 Å². The zero-order valence-electron chi connectivity index (χ0n) is 19.2. The number of urea groups is 1. The van der Waals surface area contributed by atoms with Gasteiger partial charge in [-0.05, 0) is 41.9 Å². The zero-order chi connectivity index (χ0) is 24.3. The largest absolute Gasteiger partial charge is 0.349 e. The Morgan fingerprint density at radius 3 is 1.51 bits per heavy atom. The van der Waals surface area contributed by atoms with Gasteiger partial charge in [0.05, 0.1) is 11.0 Å². The van der Waals surface area contributed by atoms with E-state index in [9.17, 15) is 9.59 Å². The first kappa shape index (κ1) is 22.6. The van der Waals surface area contributed by atoms with Gasteiger partial charge in [-0.2, -0.15) is 5.10 Å². The van der Waals surface area contributed by atoms with E-state index in [2.05, 4.69) is 46.8 Å². The van der Waals surface area contributed by atoms with Crippen LogP contribution in [0.4, 0.5) is 10.5 Å². The van der Waals surface area contributed by atoms with E-state index in [0.717, 1.165) is 20.9 Å². The lowest BCUT2D eigenvalue weighted by molar-refractivity contribution is -0.120. The van der Waals surface area contributed by atoms with E-state index in [-0.39, 0.29) is 0 Å². The number of carbonyl (C=O) groups is 2. The minimum Gasteiger partial charge on any atom is -0.306 e. The number of para-hydroxylation sites is 1. The number of amides is 3. The van der Waals surface area contributed by atoms with Crippen molar-refractivity contribution < 1.29 is 9.59 Å². The molecule has 1 aliphatic rings. The second-order valence-electron chi connectivity index (χ2n) is 8.12. The molecule has 3 amide bonds. The molecule has 0 aromatic heterocycles. The van der Waals surface area contributed by atoms with Crippen LogP contribution < -0.4 is 21.2 Å². The first-order chi connectivity index (χ1) is 17.1.